The summed E-state index contributed by atoms with van der Waals surface area (Å²) in [7, 11) is 1.57. The zero-order valence-corrected chi connectivity index (χ0v) is 16.9. The molecular weight excluding hydrogens is 358 g/mol. The fraction of sp³-hybridized carbons (Fsp3) is 0.524. The summed E-state index contributed by atoms with van der Waals surface area (Å²) in [6.07, 6.45) is 6.38. The van der Waals surface area contributed by atoms with Gasteiger partial charge in [-0.15, -0.1) is 0 Å². The number of thiazole rings is 1. The van der Waals surface area contributed by atoms with E-state index in [4.69, 9.17) is 4.74 Å². The Morgan fingerprint density at radius 3 is 2.74 bits per heavy atom. The van der Waals surface area contributed by atoms with Gasteiger partial charge in [-0.2, -0.15) is 0 Å². The lowest BCUT2D eigenvalue weighted by Gasteiger charge is -2.36. The Kier molecular flexibility index (Phi) is 5.45. The Labute approximate surface area is 164 Å². The first-order chi connectivity index (χ1) is 13.1. The second-order valence-corrected chi connectivity index (χ2v) is 8.47. The molecule has 0 spiro atoms. The molecule has 2 aliphatic rings. The van der Waals surface area contributed by atoms with Gasteiger partial charge in [-0.1, -0.05) is 36.0 Å². The van der Waals surface area contributed by atoms with Crippen molar-refractivity contribution in [2.75, 3.05) is 20.2 Å². The van der Waals surface area contributed by atoms with E-state index in [2.05, 4.69) is 33.4 Å². The van der Waals surface area contributed by atoms with Crippen LogP contribution in [-0.4, -0.2) is 42.0 Å². The number of rotatable bonds is 5. The van der Waals surface area contributed by atoms with Crippen LogP contribution in [0.15, 0.2) is 18.2 Å². The number of aromatic nitrogens is 1. The van der Waals surface area contributed by atoms with Crippen molar-refractivity contribution in [2.45, 2.75) is 51.6 Å². The molecule has 1 amide bonds. The van der Waals surface area contributed by atoms with Crippen LogP contribution < -0.4 is 10.1 Å². The molecule has 1 aromatic carbocycles. The number of nitrogens with zero attached hydrogens (tertiary/aromatic N) is 2. The molecule has 0 bridgehead atoms. The van der Waals surface area contributed by atoms with Crippen molar-refractivity contribution in [1.82, 2.24) is 15.2 Å². The lowest BCUT2D eigenvalue weighted by atomic mass is 9.91. The topological polar surface area (TPSA) is 54.5 Å². The number of hydrogen-bond acceptors (Lipinski definition) is 5. The van der Waals surface area contributed by atoms with Crippen LogP contribution in [0.1, 0.15) is 51.3 Å². The molecule has 1 aliphatic carbocycles. The number of carbonyl (C=O) groups excluding carboxylic acids is 1. The molecule has 2 heterocycles. The average molecular weight is 386 g/mol. The predicted octanol–water partition coefficient (Wildman–Crippen LogP) is 3.34. The molecule has 6 heteroatoms. The van der Waals surface area contributed by atoms with Crippen molar-refractivity contribution in [3.05, 3.63) is 45.5 Å². The highest BCUT2D eigenvalue weighted by atomic mass is 32.1. The van der Waals surface area contributed by atoms with Crippen LogP contribution in [0.4, 0.5) is 0 Å². The number of fused-ring (bicyclic) bond motifs is 1. The van der Waals surface area contributed by atoms with E-state index in [1.54, 1.807) is 7.11 Å². The number of nitrogens with one attached hydrogen (secondary N) is 1. The molecule has 2 aromatic rings. The van der Waals surface area contributed by atoms with E-state index < -0.39 is 0 Å². The smallest absolute Gasteiger partial charge is 0.273 e. The third-order valence-corrected chi connectivity index (χ3v) is 6.93. The summed E-state index contributed by atoms with van der Waals surface area (Å²) in [6.45, 7) is 4.72. The first kappa shape index (κ1) is 18.4. The van der Waals surface area contributed by atoms with E-state index in [1.165, 1.54) is 48.3 Å². The minimum absolute atomic E-state index is 0.0839. The van der Waals surface area contributed by atoms with Crippen LogP contribution in [0.2, 0.25) is 0 Å². The van der Waals surface area contributed by atoms with Crippen molar-refractivity contribution < 1.29 is 9.53 Å². The van der Waals surface area contributed by atoms with E-state index >= 15 is 0 Å². The normalized spacial score (nSPS) is 17.7. The Balaban J connectivity index is 1.38. The summed E-state index contributed by atoms with van der Waals surface area (Å²) in [5, 5.41) is 3.55. The van der Waals surface area contributed by atoms with Gasteiger partial charge in [0.15, 0.2) is 0 Å². The van der Waals surface area contributed by atoms with E-state index in [0.29, 0.717) is 22.3 Å². The predicted molar refractivity (Wildman–Crippen MR) is 108 cm³/mol. The first-order valence-electron chi connectivity index (χ1n) is 9.78. The average Bonchev–Trinajstić information content (AvgIpc) is 2.89. The lowest BCUT2D eigenvalue weighted by molar-refractivity contribution is 0.0954. The third-order valence-electron chi connectivity index (χ3n) is 5.81. The summed E-state index contributed by atoms with van der Waals surface area (Å²) in [6, 6.07) is 7.50. The minimum atomic E-state index is -0.0839. The zero-order valence-electron chi connectivity index (χ0n) is 16.1. The van der Waals surface area contributed by atoms with Gasteiger partial charge in [0.2, 0.25) is 0 Å². The van der Waals surface area contributed by atoms with Crippen molar-refractivity contribution in [1.29, 1.82) is 0 Å². The molecule has 144 valence electrons. The van der Waals surface area contributed by atoms with Crippen molar-refractivity contribution >= 4 is 17.2 Å². The summed E-state index contributed by atoms with van der Waals surface area (Å²) in [5.41, 5.74) is 4.79. The number of ether oxygens (including phenoxy) is 1. The largest absolute Gasteiger partial charge is 0.473 e. The molecule has 0 atom stereocenters. The van der Waals surface area contributed by atoms with E-state index in [1.807, 2.05) is 6.92 Å². The van der Waals surface area contributed by atoms with E-state index in [0.717, 1.165) is 31.0 Å². The minimum Gasteiger partial charge on any atom is -0.473 e. The van der Waals surface area contributed by atoms with E-state index in [9.17, 15) is 4.79 Å². The fourth-order valence-electron chi connectivity index (χ4n) is 3.96. The first-order valence-corrected chi connectivity index (χ1v) is 10.6. The summed E-state index contributed by atoms with van der Waals surface area (Å²) >= 11 is 1.29. The maximum Gasteiger partial charge on any atom is 0.273 e. The Morgan fingerprint density at radius 2 is 2.07 bits per heavy atom. The van der Waals surface area contributed by atoms with Gasteiger partial charge in [0.1, 0.15) is 4.88 Å². The van der Waals surface area contributed by atoms with Crippen molar-refractivity contribution in [3.8, 4) is 5.19 Å². The molecule has 1 saturated carbocycles. The van der Waals surface area contributed by atoms with Crippen LogP contribution >= 0.6 is 11.3 Å². The van der Waals surface area contributed by atoms with Crippen LogP contribution in [0, 0.1) is 6.92 Å². The Hall–Kier alpha value is -1.92. The number of aryl methyl sites for hydroxylation is 1. The molecule has 1 aliphatic heterocycles. The maximum atomic E-state index is 12.5. The van der Waals surface area contributed by atoms with Crippen LogP contribution in [0.5, 0.6) is 5.19 Å². The molecule has 1 N–H and O–H groups in total. The maximum absolute atomic E-state index is 12.5. The number of carbonyl (C=O) groups is 1. The van der Waals surface area contributed by atoms with Gasteiger partial charge in [0.25, 0.3) is 11.1 Å². The summed E-state index contributed by atoms with van der Waals surface area (Å²) in [4.78, 5) is 20.0. The molecule has 27 heavy (non-hydrogen) atoms. The zero-order chi connectivity index (χ0) is 18.8. The van der Waals surface area contributed by atoms with Gasteiger partial charge in [-0.25, -0.2) is 4.98 Å². The number of hydrogen-bond donors (Lipinski definition) is 1. The summed E-state index contributed by atoms with van der Waals surface area (Å²) < 4.78 is 5.12. The third kappa shape index (κ3) is 4.01. The molecule has 0 unspecified atom stereocenters. The van der Waals surface area contributed by atoms with Crippen LogP contribution in [0.3, 0.4) is 0 Å². The fourth-order valence-corrected chi connectivity index (χ4v) is 4.75. The highest BCUT2D eigenvalue weighted by Crippen LogP contribution is 2.28. The monoisotopic (exact) mass is 385 g/mol. The molecule has 5 nitrogen and oxygen atoms in total. The molecule has 1 aromatic heterocycles. The van der Waals surface area contributed by atoms with Gasteiger partial charge in [-0.05, 0) is 49.3 Å². The Bertz CT molecular complexity index is 829. The molecule has 0 radical (unpaired) electrons. The van der Waals surface area contributed by atoms with Gasteiger partial charge < -0.3 is 10.1 Å². The van der Waals surface area contributed by atoms with Crippen LogP contribution in [0.25, 0.3) is 0 Å². The van der Waals surface area contributed by atoms with E-state index in [-0.39, 0.29) is 5.91 Å². The van der Waals surface area contributed by atoms with Crippen molar-refractivity contribution in [3.63, 3.8) is 0 Å². The molecular formula is C21H27N3O2S. The number of amides is 1. The van der Waals surface area contributed by atoms with Crippen LogP contribution in [-0.2, 0) is 19.4 Å². The Morgan fingerprint density at radius 1 is 1.30 bits per heavy atom. The van der Waals surface area contributed by atoms with Gasteiger partial charge in [-0.3, -0.25) is 9.69 Å². The standard InChI is InChI=1S/C21H27N3O2S/c1-14-19(27-21(23-14)26-2)20(25)22-13-15-6-7-16-8-10-24(18-4-3-5-18)11-9-17(16)12-15/h6-7,12,18H,3-5,8-11,13H2,1-2H3,(H,22,25). The highest BCUT2D eigenvalue weighted by Gasteiger charge is 2.26. The second-order valence-electron chi connectivity index (χ2n) is 7.50. The summed E-state index contributed by atoms with van der Waals surface area (Å²) in [5.74, 6) is -0.0839. The molecule has 1 fully saturated rings. The van der Waals surface area contributed by atoms with Gasteiger partial charge in [0, 0.05) is 25.7 Å². The van der Waals surface area contributed by atoms with Gasteiger partial charge in [0.05, 0.1) is 12.8 Å². The quantitative estimate of drug-likeness (QED) is 0.858. The van der Waals surface area contributed by atoms with Gasteiger partial charge >= 0.3 is 0 Å². The highest BCUT2D eigenvalue weighted by molar-refractivity contribution is 7.15. The lowest BCUT2D eigenvalue weighted by Crippen LogP contribution is -2.41. The number of benzene rings is 1. The molecule has 4 rings (SSSR count). The second kappa shape index (κ2) is 7.98. The number of methoxy groups -OCH3 is 1. The SMILES string of the molecule is COc1nc(C)c(C(=O)NCc2ccc3c(c2)CCN(C2CCC2)CC3)s1. The van der Waals surface area contributed by atoms with Crippen molar-refractivity contribution in [2.24, 2.45) is 0 Å². The molecule has 0 saturated heterocycles.